The minimum Gasteiger partial charge on any atom is -0.492 e. The predicted molar refractivity (Wildman–Crippen MR) is 52.4 cm³/mol. The van der Waals surface area contributed by atoms with Crippen LogP contribution in [0.15, 0.2) is 18.2 Å². The van der Waals surface area contributed by atoms with Crippen molar-refractivity contribution in [3.63, 3.8) is 0 Å². The number of nitrogens with two attached hydrogens (primary N) is 1. The van der Waals surface area contributed by atoms with Crippen molar-refractivity contribution in [1.29, 1.82) is 0 Å². The van der Waals surface area contributed by atoms with Gasteiger partial charge in [-0.1, -0.05) is 0 Å². The van der Waals surface area contributed by atoms with Gasteiger partial charge in [-0.05, 0) is 19.1 Å². The van der Waals surface area contributed by atoms with E-state index in [-0.39, 0.29) is 5.69 Å². The minimum atomic E-state index is -0.426. The molecule has 0 heterocycles. The Morgan fingerprint density at radius 1 is 1.57 bits per heavy atom. The monoisotopic (exact) mass is 196 g/mol. The molecule has 0 aliphatic rings. The summed E-state index contributed by atoms with van der Waals surface area (Å²) in [4.78, 5) is 10.1. The van der Waals surface area contributed by atoms with Crippen molar-refractivity contribution < 1.29 is 9.66 Å². The Morgan fingerprint density at radius 2 is 2.29 bits per heavy atom. The van der Waals surface area contributed by atoms with Crippen molar-refractivity contribution in [2.75, 3.05) is 13.2 Å². The van der Waals surface area contributed by atoms with E-state index < -0.39 is 4.92 Å². The molecule has 0 saturated carbocycles. The quantitative estimate of drug-likeness (QED) is 0.580. The van der Waals surface area contributed by atoms with Gasteiger partial charge in [-0.3, -0.25) is 10.1 Å². The van der Waals surface area contributed by atoms with E-state index in [1.54, 1.807) is 19.1 Å². The summed E-state index contributed by atoms with van der Waals surface area (Å²) in [5.41, 5.74) is 5.93. The molecule has 0 saturated heterocycles. The Bertz CT molecular complexity index is 339. The first-order valence-corrected chi connectivity index (χ1v) is 4.23. The van der Waals surface area contributed by atoms with Gasteiger partial charge in [0, 0.05) is 12.1 Å². The molecule has 76 valence electrons. The third-order valence-corrected chi connectivity index (χ3v) is 1.76. The van der Waals surface area contributed by atoms with E-state index in [0.717, 1.165) is 0 Å². The first-order valence-electron chi connectivity index (χ1n) is 4.23. The van der Waals surface area contributed by atoms with Crippen molar-refractivity contribution in [3.8, 4) is 5.75 Å². The number of ether oxygens (including phenoxy) is 1. The summed E-state index contributed by atoms with van der Waals surface area (Å²) in [6.45, 7) is 2.44. The smallest absolute Gasteiger partial charge is 0.276 e. The molecule has 1 aromatic carbocycles. The number of nitrogens with zero attached hydrogens (tertiary/aromatic N) is 1. The lowest BCUT2D eigenvalue weighted by Gasteiger charge is -2.04. The molecule has 0 radical (unpaired) electrons. The number of hydrogen-bond donors (Lipinski definition) is 1. The second-order valence-corrected chi connectivity index (χ2v) is 2.84. The molecular formula is C9H12N2O3. The fraction of sp³-hybridized carbons (Fsp3) is 0.333. The number of aryl methyl sites for hydroxylation is 1. The van der Waals surface area contributed by atoms with Crippen LogP contribution in [0.2, 0.25) is 0 Å². The highest BCUT2D eigenvalue weighted by atomic mass is 16.6. The summed E-state index contributed by atoms with van der Waals surface area (Å²) < 4.78 is 5.17. The lowest BCUT2D eigenvalue weighted by Crippen LogP contribution is -2.10. The fourth-order valence-corrected chi connectivity index (χ4v) is 1.05. The second kappa shape index (κ2) is 4.57. The molecule has 0 bridgehead atoms. The van der Waals surface area contributed by atoms with E-state index in [1.165, 1.54) is 6.07 Å². The van der Waals surface area contributed by atoms with Crippen LogP contribution in [-0.2, 0) is 0 Å². The molecule has 0 aromatic heterocycles. The Kier molecular flexibility index (Phi) is 3.41. The van der Waals surface area contributed by atoms with E-state index in [9.17, 15) is 10.1 Å². The standard InChI is InChI=1S/C9H12N2O3/c1-7-2-3-8(14-5-4-10)6-9(7)11(12)13/h2-3,6H,4-5,10H2,1H3. The molecule has 5 heteroatoms. The molecule has 5 nitrogen and oxygen atoms in total. The Morgan fingerprint density at radius 3 is 2.86 bits per heavy atom. The molecule has 0 unspecified atom stereocenters. The topological polar surface area (TPSA) is 78.4 Å². The van der Waals surface area contributed by atoms with Crippen LogP contribution in [0.4, 0.5) is 5.69 Å². The van der Waals surface area contributed by atoms with Crippen molar-refractivity contribution in [1.82, 2.24) is 0 Å². The maximum Gasteiger partial charge on any atom is 0.276 e. The van der Waals surface area contributed by atoms with Gasteiger partial charge in [-0.25, -0.2) is 0 Å². The van der Waals surface area contributed by atoms with Crippen LogP contribution in [0.5, 0.6) is 5.75 Å². The van der Waals surface area contributed by atoms with Gasteiger partial charge < -0.3 is 10.5 Å². The first kappa shape index (κ1) is 10.5. The van der Waals surface area contributed by atoms with Crippen LogP contribution in [0.3, 0.4) is 0 Å². The van der Waals surface area contributed by atoms with E-state index in [1.807, 2.05) is 0 Å². The first-order chi connectivity index (χ1) is 6.65. The number of rotatable bonds is 4. The molecule has 0 fully saturated rings. The van der Waals surface area contributed by atoms with Crippen LogP contribution in [0.1, 0.15) is 5.56 Å². The highest BCUT2D eigenvalue weighted by Crippen LogP contribution is 2.23. The van der Waals surface area contributed by atoms with Gasteiger partial charge in [-0.2, -0.15) is 0 Å². The maximum absolute atomic E-state index is 10.6. The third-order valence-electron chi connectivity index (χ3n) is 1.76. The van der Waals surface area contributed by atoms with Gasteiger partial charge in [0.1, 0.15) is 12.4 Å². The van der Waals surface area contributed by atoms with Crippen molar-refractivity contribution >= 4 is 5.69 Å². The summed E-state index contributed by atoms with van der Waals surface area (Å²) >= 11 is 0. The highest BCUT2D eigenvalue weighted by Gasteiger charge is 2.11. The van der Waals surface area contributed by atoms with Gasteiger partial charge in [0.05, 0.1) is 11.0 Å². The molecule has 0 aliphatic heterocycles. The van der Waals surface area contributed by atoms with Crippen LogP contribution in [-0.4, -0.2) is 18.1 Å². The zero-order valence-corrected chi connectivity index (χ0v) is 7.90. The van der Waals surface area contributed by atoms with Crippen LogP contribution < -0.4 is 10.5 Å². The van der Waals surface area contributed by atoms with Crippen molar-refractivity contribution in [3.05, 3.63) is 33.9 Å². The maximum atomic E-state index is 10.6. The van der Waals surface area contributed by atoms with E-state index >= 15 is 0 Å². The molecular weight excluding hydrogens is 184 g/mol. The second-order valence-electron chi connectivity index (χ2n) is 2.84. The van der Waals surface area contributed by atoms with E-state index in [4.69, 9.17) is 10.5 Å². The Labute approximate surface area is 81.6 Å². The molecule has 0 atom stereocenters. The summed E-state index contributed by atoms with van der Waals surface area (Å²) in [7, 11) is 0. The number of nitro benzene ring substituents is 1. The lowest BCUT2D eigenvalue weighted by atomic mass is 10.2. The molecule has 14 heavy (non-hydrogen) atoms. The van der Waals surface area contributed by atoms with Crippen LogP contribution >= 0.6 is 0 Å². The van der Waals surface area contributed by atoms with Crippen molar-refractivity contribution in [2.24, 2.45) is 5.73 Å². The largest absolute Gasteiger partial charge is 0.492 e. The average molecular weight is 196 g/mol. The van der Waals surface area contributed by atoms with Gasteiger partial charge in [0.2, 0.25) is 0 Å². The van der Waals surface area contributed by atoms with Gasteiger partial charge in [-0.15, -0.1) is 0 Å². The molecule has 2 N–H and O–H groups in total. The average Bonchev–Trinajstić information content (AvgIpc) is 2.16. The summed E-state index contributed by atoms with van der Waals surface area (Å²) in [5.74, 6) is 0.479. The van der Waals surface area contributed by atoms with Gasteiger partial charge in [0.25, 0.3) is 5.69 Å². The lowest BCUT2D eigenvalue weighted by molar-refractivity contribution is -0.385. The summed E-state index contributed by atoms with van der Waals surface area (Å²) in [6, 6.07) is 4.76. The number of hydrogen-bond acceptors (Lipinski definition) is 4. The summed E-state index contributed by atoms with van der Waals surface area (Å²) in [6.07, 6.45) is 0. The molecule has 1 aromatic rings. The van der Waals surface area contributed by atoms with Crippen LogP contribution in [0.25, 0.3) is 0 Å². The van der Waals surface area contributed by atoms with Crippen molar-refractivity contribution in [2.45, 2.75) is 6.92 Å². The van der Waals surface area contributed by atoms with E-state index in [2.05, 4.69) is 0 Å². The van der Waals surface area contributed by atoms with Crippen LogP contribution in [0, 0.1) is 17.0 Å². The highest BCUT2D eigenvalue weighted by molar-refractivity contribution is 5.45. The zero-order chi connectivity index (χ0) is 10.6. The molecule has 0 aliphatic carbocycles. The van der Waals surface area contributed by atoms with E-state index in [0.29, 0.717) is 24.5 Å². The predicted octanol–water partition coefficient (Wildman–Crippen LogP) is 1.24. The Hall–Kier alpha value is -1.62. The fourth-order valence-electron chi connectivity index (χ4n) is 1.05. The summed E-state index contributed by atoms with van der Waals surface area (Å²) in [5, 5.41) is 10.6. The molecule has 0 amide bonds. The molecule has 0 spiro atoms. The number of benzene rings is 1. The number of nitro groups is 1. The normalized spacial score (nSPS) is 9.86. The molecule has 1 rings (SSSR count). The zero-order valence-electron chi connectivity index (χ0n) is 7.90. The third kappa shape index (κ3) is 2.43. The Balaban J connectivity index is 2.89. The van der Waals surface area contributed by atoms with Gasteiger partial charge >= 0.3 is 0 Å². The minimum absolute atomic E-state index is 0.0690. The SMILES string of the molecule is Cc1ccc(OCCN)cc1[N+](=O)[O-]. The van der Waals surface area contributed by atoms with Gasteiger partial charge in [0.15, 0.2) is 0 Å².